The quantitative estimate of drug-likeness (QED) is 0.171. The van der Waals surface area contributed by atoms with Crippen molar-refractivity contribution in [3.63, 3.8) is 0 Å². The smallest absolute Gasteiger partial charge is 0.164 e. The van der Waals surface area contributed by atoms with Gasteiger partial charge in [0.05, 0.1) is 11.0 Å². The van der Waals surface area contributed by atoms with Gasteiger partial charge in [0, 0.05) is 38.5 Å². The second-order valence-electron chi connectivity index (χ2n) is 13.6. The number of hydrogen-bond donors (Lipinski definition) is 0. The number of hydrogen-bond acceptors (Lipinski definition) is 3. The minimum absolute atomic E-state index is 0.637. The van der Waals surface area contributed by atoms with Crippen molar-refractivity contribution in [3.05, 3.63) is 182 Å². The van der Waals surface area contributed by atoms with Crippen molar-refractivity contribution in [3.8, 4) is 51.0 Å². The molecule has 4 heteroatoms. The summed E-state index contributed by atoms with van der Waals surface area (Å²) < 4.78 is 2.42. The van der Waals surface area contributed by atoms with Gasteiger partial charge in [-0.15, -0.1) is 0 Å². The zero-order chi connectivity index (χ0) is 34.9. The summed E-state index contributed by atoms with van der Waals surface area (Å²) in [5.41, 5.74) is 8.57. The number of benzene rings is 9. The summed E-state index contributed by atoms with van der Waals surface area (Å²) in [5.74, 6) is 1.92. The third-order valence-electron chi connectivity index (χ3n) is 10.6. The van der Waals surface area contributed by atoms with Gasteiger partial charge in [0.2, 0.25) is 0 Å². The summed E-state index contributed by atoms with van der Waals surface area (Å²) >= 11 is 0. The van der Waals surface area contributed by atoms with Gasteiger partial charge in [0.15, 0.2) is 17.5 Å². The van der Waals surface area contributed by atoms with Crippen LogP contribution in [0.15, 0.2) is 182 Å². The molecular weight excluding hydrogens is 645 g/mol. The van der Waals surface area contributed by atoms with E-state index in [0.29, 0.717) is 17.5 Å². The highest BCUT2D eigenvalue weighted by atomic mass is 15.0. The lowest BCUT2D eigenvalue weighted by molar-refractivity contribution is 1.07. The molecule has 0 saturated heterocycles. The lowest BCUT2D eigenvalue weighted by atomic mass is 9.90. The van der Waals surface area contributed by atoms with Crippen LogP contribution in [0.1, 0.15) is 0 Å². The normalized spacial score (nSPS) is 11.8. The Morgan fingerprint density at radius 1 is 0.302 bits per heavy atom. The van der Waals surface area contributed by atoms with Gasteiger partial charge in [-0.3, -0.25) is 0 Å². The lowest BCUT2D eigenvalue weighted by Gasteiger charge is -2.13. The van der Waals surface area contributed by atoms with Crippen molar-refractivity contribution in [2.75, 3.05) is 0 Å². The number of fused-ring (bicyclic) bond motifs is 5. The number of aromatic nitrogens is 4. The van der Waals surface area contributed by atoms with Crippen molar-refractivity contribution in [2.45, 2.75) is 0 Å². The molecule has 0 unspecified atom stereocenters. The molecule has 53 heavy (non-hydrogen) atoms. The number of nitrogens with zero attached hydrogens (tertiary/aromatic N) is 4. The largest absolute Gasteiger partial charge is 0.309 e. The van der Waals surface area contributed by atoms with Gasteiger partial charge >= 0.3 is 0 Å². The third kappa shape index (κ3) is 4.66. The molecule has 246 valence electrons. The first kappa shape index (κ1) is 29.5. The summed E-state index contributed by atoms with van der Waals surface area (Å²) in [6.45, 7) is 0. The predicted molar refractivity (Wildman–Crippen MR) is 220 cm³/mol. The summed E-state index contributed by atoms with van der Waals surface area (Å²) in [5, 5.41) is 9.95. The van der Waals surface area contributed by atoms with Crippen molar-refractivity contribution >= 4 is 54.1 Å². The monoisotopic (exact) mass is 674 g/mol. The van der Waals surface area contributed by atoms with E-state index in [2.05, 4.69) is 162 Å². The predicted octanol–water partition coefficient (Wildman–Crippen LogP) is 12.5. The molecule has 9 aromatic carbocycles. The van der Waals surface area contributed by atoms with Crippen molar-refractivity contribution in [1.82, 2.24) is 19.5 Å². The van der Waals surface area contributed by atoms with Gasteiger partial charge in [-0.2, -0.15) is 0 Å². The Hall–Kier alpha value is -7.17. The summed E-state index contributed by atoms with van der Waals surface area (Å²) in [6, 6.07) is 64.3. The van der Waals surface area contributed by atoms with E-state index in [-0.39, 0.29) is 0 Å². The van der Waals surface area contributed by atoms with Gasteiger partial charge < -0.3 is 4.57 Å². The van der Waals surface area contributed by atoms with Crippen LogP contribution in [-0.2, 0) is 0 Å². The van der Waals surface area contributed by atoms with Crippen LogP contribution in [0.5, 0.6) is 0 Å². The maximum Gasteiger partial charge on any atom is 0.164 e. The van der Waals surface area contributed by atoms with E-state index in [1.807, 2.05) is 24.3 Å². The molecule has 2 heterocycles. The maximum atomic E-state index is 5.23. The molecule has 0 spiro atoms. The topological polar surface area (TPSA) is 43.6 Å². The Balaban J connectivity index is 1.22. The van der Waals surface area contributed by atoms with Crippen LogP contribution in [0.2, 0.25) is 0 Å². The molecule has 0 fully saturated rings. The van der Waals surface area contributed by atoms with Crippen LogP contribution in [0.4, 0.5) is 0 Å². The van der Waals surface area contributed by atoms with Crippen LogP contribution >= 0.6 is 0 Å². The van der Waals surface area contributed by atoms with Crippen LogP contribution in [0.3, 0.4) is 0 Å². The van der Waals surface area contributed by atoms with Crippen molar-refractivity contribution < 1.29 is 0 Å². The van der Waals surface area contributed by atoms with Crippen molar-refractivity contribution in [2.24, 2.45) is 0 Å². The first-order valence-electron chi connectivity index (χ1n) is 18.0. The minimum Gasteiger partial charge on any atom is -0.309 e. The Labute approximate surface area is 305 Å². The van der Waals surface area contributed by atoms with Gasteiger partial charge in [-0.1, -0.05) is 152 Å². The minimum atomic E-state index is 0.637. The molecule has 0 amide bonds. The SMILES string of the molecule is c1ccc(-c2ccc(-c3nc(-c4ccccc4)nc(-c4cc5c6ccccc6c6c7ccccc7cc7c6c5c(c4)n7-c4ccccc4)n3)cc2)cc1. The fraction of sp³-hybridized carbons (Fsp3) is 0. The number of para-hydroxylation sites is 1. The van der Waals surface area contributed by atoms with E-state index in [4.69, 9.17) is 15.0 Å². The van der Waals surface area contributed by atoms with Crippen LogP contribution in [0, 0.1) is 0 Å². The molecule has 0 bridgehead atoms. The van der Waals surface area contributed by atoms with Gasteiger partial charge in [-0.25, -0.2) is 15.0 Å². The second-order valence-corrected chi connectivity index (χ2v) is 13.6. The highest BCUT2D eigenvalue weighted by Gasteiger charge is 2.24. The highest BCUT2D eigenvalue weighted by Crippen LogP contribution is 2.47. The Morgan fingerprint density at radius 2 is 0.792 bits per heavy atom. The zero-order valence-corrected chi connectivity index (χ0v) is 28.6. The summed E-state index contributed by atoms with van der Waals surface area (Å²) in [7, 11) is 0. The van der Waals surface area contributed by atoms with Crippen LogP contribution in [0.25, 0.3) is 105 Å². The fourth-order valence-electron chi connectivity index (χ4n) is 8.16. The van der Waals surface area contributed by atoms with Gasteiger partial charge in [0.1, 0.15) is 0 Å². The molecule has 0 saturated carbocycles. The highest BCUT2D eigenvalue weighted by molar-refractivity contribution is 6.39. The lowest BCUT2D eigenvalue weighted by Crippen LogP contribution is -2.00. The molecule has 0 aliphatic carbocycles. The summed E-state index contributed by atoms with van der Waals surface area (Å²) in [4.78, 5) is 15.5. The maximum absolute atomic E-state index is 5.23. The third-order valence-corrected chi connectivity index (χ3v) is 10.6. The molecule has 11 aromatic rings. The zero-order valence-electron chi connectivity index (χ0n) is 28.6. The van der Waals surface area contributed by atoms with E-state index in [9.17, 15) is 0 Å². The van der Waals surface area contributed by atoms with E-state index >= 15 is 0 Å². The fourth-order valence-corrected chi connectivity index (χ4v) is 8.16. The molecular formula is C49H30N4. The molecule has 0 aliphatic heterocycles. The van der Waals surface area contributed by atoms with E-state index in [1.54, 1.807) is 0 Å². The second kappa shape index (κ2) is 11.7. The molecule has 0 atom stereocenters. The van der Waals surface area contributed by atoms with Crippen LogP contribution < -0.4 is 0 Å². The molecule has 0 radical (unpaired) electrons. The van der Waals surface area contributed by atoms with E-state index in [0.717, 1.165) is 33.5 Å². The molecule has 11 rings (SSSR count). The number of rotatable bonds is 5. The Kier molecular flexibility index (Phi) is 6.52. The van der Waals surface area contributed by atoms with Gasteiger partial charge in [-0.05, 0) is 68.4 Å². The molecule has 4 nitrogen and oxygen atoms in total. The van der Waals surface area contributed by atoms with Crippen molar-refractivity contribution in [1.29, 1.82) is 0 Å². The molecule has 2 aromatic heterocycles. The first-order chi connectivity index (χ1) is 26.3. The average molecular weight is 675 g/mol. The van der Waals surface area contributed by atoms with E-state index in [1.165, 1.54) is 54.2 Å². The standard InChI is InChI=1S/C49H30N4/c1-4-14-31(15-5-1)32-24-26-34(27-25-32)48-50-47(33-16-6-2-7-17-33)51-49(52-48)36-28-41-39-22-12-13-23-40(39)44-38-21-11-10-18-35(38)29-43-46(44)45(41)42(30-36)53(43)37-19-8-3-9-20-37/h1-30H. The molecule has 0 N–H and O–H groups in total. The summed E-state index contributed by atoms with van der Waals surface area (Å²) in [6.07, 6.45) is 0. The van der Waals surface area contributed by atoms with Gasteiger partial charge in [0.25, 0.3) is 0 Å². The Bertz CT molecular complexity index is 3130. The van der Waals surface area contributed by atoms with E-state index < -0.39 is 0 Å². The Morgan fingerprint density at radius 3 is 1.49 bits per heavy atom. The average Bonchev–Trinajstić information content (AvgIpc) is 3.57. The first-order valence-corrected chi connectivity index (χ1v) is 18.0. The molecule has 0 aliphatic rings. The van der Waals surface area contributed by atoms with Crippen LogP contribution in [-0.4, -0.2) is 19.5 Å².